The zero-order chi connectivity index (χ0) is 27.9. The fourth-order valence-corrected chi connectivity index (χ4v) is 6.27. The Kier molecular flexibility index (Phi) is 6.91. The van der Waals surface area contributed by atoms with E-state index >= 15 is 0 Å². The van der Waals surface area contributed by atoms with Crippen LogP contribution < -0.4 is 0 Å². The lowest BCUT2D eigenvalue weighted by atomic mass is 9.90. The zero-order valence-electron chi connectivity index (χ0n) is 19.0. The van der Waals surface area contributed by atoms with Gasteiger partial charge in [0.1, 0.15) is 0 Å². The smallest absolute Gasteiger partial charge is 0.214 e. The summed E-state index contributed by atoms with van der Waals surface area (Å²) in [6, 6.07) is 20.4. The van der Waals surface area contributed by atoms with Crippen LogP contribution in [-0.4, -0.2) is 27.9 Å². The molecule has 0 amide bonds. The second kappa shape index (κ2) is 9.59. The lowest BCUT2D eigenvalue weighted by Gasteiger charge is -2.24. The van der Waals surface area contributed by atoms with Gasteiger partial charge in [0.15, 0.2) is 0 Å². The summed E-state index contributed by atoms with van der Waals surface area (Å²) < 4.78 is 136. The fourth-order valence-electron chi connectivity index (χ4n) is 3.97. The summed E-state index contributed by atoms with van der Waals surface area (Å²) in [6.07, 6.45) is 0. The van der Waals surface area contributed by atoms with Gasteiger partial charge in [-0.1, -0.05) is 91.0 Å². The van der Waals surface area contributed by atoms with Crippen LogP contribution in [0.15, 0.2) is 107 Å². The second-order valence-electron chi connectivity index (χ2n) is 8.00. The van der Waals surface area contributed by atoms with Gasteiger partial charge in [0.2, 0.25) is 0 Å². The molecule has 12 heteroatoms. The van der Waals surface area contributed by atoms with Gasteiger partial charge in [0, 0.05) is 11.1 Å². The number of halogens is 6. The van der Waals surface area contributed by atoms with Crippen LogP contribution in [0.1, 0.15) is 0 Å². The van der Waals surface area contributed by atoms with Crippen molar-refractivity contribution in [1.29, 1.82) is 0 Å². The van der Waals surface area contributed by atoms with E-state index in [0.29, 0.717) is 6.07 Å². The summed E-state index contributed by atoms with van der Waals surface area (Å²) >= 11 is 0. The first-order valence-electron chi connectivity index (χ1n) is 10.7. The Labute approximate surface area is 214 Å². The van der Waals surface area contributed by atoms with Crippen molar-refractivity contribution in [3.63, 3.8) is 0 Å². The molecule has 0 aliphatic carbocycles. The van der Waals surface area contributed by atoms with Crippen molar-refractivity contribution >= 4 is 19.7 Å². The zero-order valence-corrected chi connectivity index (χ0v) is 20.6. The summed E-state index contributed by atoms with van der Waals surface area (Å²) in [5, 5.41) is 0. The third-order valence-electron chi connectivity index (χ3n) is 5.62. The highest BCUT2D eigenvalue weighted by atomic mass is 32.2. The van der Waals surface area contributed by atoms with E-state index in [2.05, 4.69) is 0 Å². The first kappa shape index (κ1) is 27.4. The third kappa shape index (κ3) is 4.69. The van der Waals surface area contributed by atoms with E-state index in [4.69, 9.17) is 0 Å². The van der Waals surface area contributed by atoms with Crippen LogP contribution in [0.5, 0.6) is 0 Å². The molecule has 0 bridgehead atoms. The van der Waals surface area contributed by atoms with E-state index < -0.39 is 62.7 Å². The molecule has 38 heavy (non-hydrogen) atoms. The summed E-state index contributed by atoms with van der Waals surface area (Å²) in [4.78, 5) is -3.20. The molecule has 0 fully saturated rings. The molecule has 0 saturated heterocycles. The van der Waals surface area contributed by atoms with Crippen molar-refractivity contribution in [3.05, 3.63) is 97.1 Å². The normalized spacial score (nSPS) is 12.9. The van der Waals surface area contributed by atoms with E-state index in [0.717, 1.165) is 12.1 Å². The lowest BCUT2D eigenvalue weighted by Crippen LogP contribution is -2.28. The van der Waals surface area contributed by atoms with Crippen LogP contribution in [0.4, 0.5) is 26.3 Å². The summed E-state index contributed by atoms with van der Waals surface area (Å²) in [6.45, 7) is 0. The Morgan fingerprint density at radius 2 is 0.842 bits per heavy atom. The molecule has 4 aromatic carbocycles. The summed E-state index contributed by atoms with van der Waals surface area (Å²) in [5.41, 5.74) is -14.7. The maximum Gasteiger partial charge on any atom is 0.501 e. The van der Waals surface area contributed by atoms with Crippen molar-refractivity contribution in [1.82, 2.24) is 0 Å². The first-order valence-corrected chi connectivity index (χ1v) is 13.6. The number of hydrogen-bond donors (Lipinski definition) is 0. The number of sulfone groups is 2. The van der Waals surface area contributed by atoms with Crippen molar-refractivity contribution < 1.29 is 43.2 Å². The Hall–Kier alpha value is -3.64. The fraction of sp³-hybridized carbons (Fsp3) is 0.0769. The minimum Gasteiger partial charge on any atom is -0.214 e. The van der Waals surface area contributed by atoms with E-state index in [1.165, 1.54) is 78.9 Å². The van der Waals surface area contributed by atoms with E-state index in [1.54, 1.807) is 0 Å². The molecule has 0 atom stereocenters. The van der Waals surface area contributed by atoms with E-state index in [9.17, 15) is 43.2 Å². The number of benzene rings is 4. The quantitative estimate of drug-likeness (QED) is 0.237. The van der Waals surface area contributed by atoms with Gasteiger partial charge in [-0.05, 0) is 28.3 Å². The molecule has 0 aliphatic heterocycles. The Bertz CT molecular complexity index is 1680. The first-order chi connectivity index (χ1) is 17.7. The average Bonchev–Trinajstić information content (AvgIpc) is 2.87. The largest absolute Gasteiger partial charge is 0.501 e. The molecule has 0 spiro atoms. The summed E-state index contributed by atoms with van der Waals surface area (Å²) in [7, 11) is -12.8. The molecule has 0 heterocycles. The number of rotatable bonds is 5. The molecule has 4 rings (SSSR count). The average molecular weight is 571 g/mol. The molecule has 0 radical (unpaired) electrons. The molecule has 0 saturated carbocycles. The van der Waals surface area contributed by atoms with Crippen molar-refractivity contribution in [2.24, 2.45) is 0 Å². The lowest BCUT2D eigenvalue weighted by molar-refractivity contribution is -0.0438. The molecule has 198 valence electrons. The number of alkyl halides is 6. The van der Waals surface area contributed by atoms with Crippen LogP contribution in [0.3, 0.4) is 0 Å². The molecule has 0 unspecified atom stereocenters. The van der Waals surface area contributed by atoms with Gasteiger partial charge in [-0.25, -0.2) is 16.8 Å². The maximum atomic E-state index is 14.1. The molecular weight excluding hydrogens is 554 g/mol. The van der Waals surface area contributed by atoms with Crippen LogP contribution in [0, 0.1) is 0 Å². The van der Waals surface area contributed by atoms with Gasteiger partial charge in [-0.3, -0.25) is 0 Å². The summed E-state index contributed by atoms with van der Waals surface area (Å²) in [5.74, 6) is 0. The van der Waals surface area contributed by atoms with Gasteiger partial charge >= 0.3 is 11.0 Å². The molecular formula is C26H16F6O4S2. The highest BCUT2D eigenvalue weighted by Crippen LogP contribution is 2.50. The van der Waals surface area contributed by atoms with Crippen LogP contribution in [0.2, 0.25) is 0 Å². The van der Waals surface area contributed by atoms with Crippen LogP contribution >= 0.6 is 0 Å². The molecule has 0 aromatic heterocycles. The van der Waals surface area contributed by atoms with Gasteiger partial charge in [0.25, 0.3) is 19.7 Å². The predicted molar refractivity (Wildman–Crippen MR) is 129 cm³/mol. The third-order valence-corrected chi connectivity index (χ3v) is 8.69. The highest BCUT2D eigenvalue weighted by molar-refractivity contribution is 7.93. The van der Waals surface area contributed by atoms with Crippen molar-refractivity contribution in [2.45, 2.75) is 20.8 Å². The second-order valence-corrected chi connectivity index (χ2v) is 11.8. The van der Waals surface area contributed by atoms with Gasteiger partial charge < -0.3 is 0 Å². The highest BCUT2D eigenvalue weighted by Gasteiger charge is 2.53. The van der Waals surface area contributed by atoms with Gasteiger partial charge in [0.05, 0.1) is 9.79 Å². The van der Waals surface area contributed by atoms with Gasteiger partial charge in [-0.2, -0.15) is 26.3 Å². The molecule has 0 aliphatic rings. The Balaban J connectivity index is 2.41. The molecule has 4 aromatic rings. The van der Waals surface area contributed by atoms with E-state index in [-0.39, 0.29) is 11.1 Å². The predicted octanol–water partition coefficient (Wildman–Crippen LogP) is 7.27. The SMILES string of the molecule is O=S(=O)(c1cc(-c2ccccc2)c(-c2ccccc2)c(S(=O)(=O)C(F)(F)F)c1-c1ccccc1)C(F)(F)F. The minimum atomic E-state index is -6.42. The minimum absolute atomic E-state index is 0.00298. The van der Waals surface area contributed by atoms with Gasteiger partial charge in [-0.15, -0.1) is 0 Å². The monoisotopic (exact) mass is 570 g/mol. The molecule has 0 N–H and O–H groups in total. The van der Waals surface area contributed by atoms with E-state index in [1.807, 2.05) is 0 Å². The standard InChI is InChI=1S/C26H16F6O4S2/c27-25(28,29)37(33,34)21-16-20(17-10-4-1-5-11-17)22(18-12-6-2-7-13-18)24(38(35,36)26(30,31)32)23(21)19-14-8-3-9-15-19/h1-16H. The van der Waals surface area contributed by atoms with Crippen LogP contribution in [-0.2, 0) is 19.7 Å². The Morgan fingerprint density at radius 3 is 1.24 bits per heavy atom. The molecule has 4 nitrogen and oxygen atoms in total. The maximum absolute atomic E-state index is 14.1. The Morgan fingerprint density at radius 1 is 0.474 bits per heavy atom. The topological polar surface area (TPSA) is 68.3 Å². The van der Waals surface area contributed by atoms with Crippen molar-refractivity contribution in [3.8, 4) is 33.4 Å². The van der Waals surface area contributed by atoms with Crippen LogP contribution in [0.25, 0.3) is 33.4 Å². The van der Waals surface area contributed by atoms with Crippen molar-refractivity contribution in [2.75, 3.05) is 0 Å². The number of hydrogen-bond acceptors (Lipinski definition) is 4.